The van der Waals surface area contributed by atoms with E-state index in [1.54, 1.807) is 6.07 Å². The van der Waals surface area contributed by atoms with Crippen molar-refractivity contribution in [1.82, 2.24) is 0 Å². The predicted molar refractivity (Wildman–Crippen MR) is 89.2 cm³/mol. The minimum absolute atomic E-state index is 0.0361. The number of hydrogen-bond acceptors (Lipinski definition) is 4. The topological polar surface area (TPSA) is 118 Å². The molecule has 120 valence electrons. The Labute approximate surface area is 144 Å². The molecule has 0 spiro atoms. The first-order valence-electron chi connectivity index (χ1n) is 6.52. The fourth-order valence-electron chi connectivity index (χ4n) is 2.79. The summed E-state index contributed by atoms with van der Waals surface area (Å²) in [6.45, 7) is 1.44. The van der Waals surface area contributed by atoms with Gasteiger partial charge in [-0.3, -0.25) is 14.9 Å². The molecule has 0 aliphatic heterocycles. The van der Waals surface area contributed by atoms with Gasteiger partial charge in [0.15, 0.2) is 0 Å². The molecule has 0 saturated heterocycles. The quantitative estimate of drug-likeness (QED) is 0.432. The highest BCUT2D eigenvalue weighted by Gasteiger charge is 2.50. The van der Waals surface area contributed by atoms with E-state index in [4.69, 9.17) is 0 Å². The van der Waals surface area contributed by atoms with Gasteiger partial charge >= 0.3 is 11.9 Å². The normalized spacial score (nSPS) is 23.2. The van der Waals surface area contributed by atoms with Crippen LogP contribution >= 0.6 is 22.6 Å². The van der Waals surface area contributed by atoms with E-state index in [0.29, 0.717) is 3.57 Å². The number of allylic oxidation sites excluding steroid dienone is 2. The minimum Gasteiger partial charge on any atom is -0.480 e. The third-order valence-electron chi connectivity index (χ3n) is 3.99. The molecule has 0 bridgehead atoms. The summed E-state index contributed by atoms with van der Waals surface area (Å²) in [6, 6.07) is 4.21. The minimum atomic E-state index is -1.81. The van der Waals surface area contributed by atoms with Crippen molar-refractivity contribution in [2.75, 3.05) is 0 Å². The van der Waals surface area contributed by atoms with Crippen molar-refractivity contribution in [2.45, 2.75) is 12.3 Å². The van der Waals surface area contributed by atoms with Gasteiger partial charge in [0.05, 0.1) is 10.5 Å². The highest BCUT2D eigenvalue weighted by atomic mass is 127. The van der Waals surface area contributed by atoms with Crippen LogP contribution in [0.25, 0.3) is 0 Å². The molecular formula is C15H12INO6. The molecule has 1 aliphatic rings. The zero-order valence-corrected chi connectivity index (χ0v) is 14.1. The largest absolute Gasteiger partial charge is 0.480 e. The molecule has 8 heteroatoms. The van der Waals surface area contributed by atoms with Crippen LogP contribution in [-0.2, 0) is 15.0 Å². The van der Waals surface area contributed by atoms with Gasteiger partial charge in [-0.05, 0) is 34.7 Å². The summed E-state index contributed by atoms with van der Waals surface area (Å²) in [6.07, 6.45) is 3.94. The molecule has 0 amide bonds. The van der Waals surface area contributed by atoms with Crippen molar-refractivity contribution in [2.24, 2.45) is 5.92 Å². The van der Waals surface area contributed by atoms with E-state index in [1.807, 2.05) is 22.6 Å². The number of rotatable bonds is 4. The molecule has 1 aliphatic carbocycles. The lowest BCUT2D eigenvalue weighted by atomic mass is 9.65. The fourth-order valence-corrected chi connectivity index (χ4v) is 3.27. The molecule has 0 aromatic heterocycles. The Morgan fingerprint density at radius 1 is 1.35 bits per heavy atom. The van der Waals surface area contributed by atoms with E-state index in [9.17, 15) is 29.9 Å². The van der Waals surface area contributed by atoms with E-state index >= 15 is 0 Å². The third-order valence-corrected chi connectivity index (χ3v) is 4.66. The maximum absolute atomic E-state index is 12.0. The average molecular weight is 429 g/mol. The van der Waals surface area contributed by atoms with Gasteiger partial charge in [0.2, 0.25) is 0 Å². The van der Waals surface area contributed by atoms with Crippen LogP contribution in [0.5, 0.6) is 0 Å². The molecule has 23 heavy (non-hydrogen) atoms. The smallest absolute Gasteiger partial charge is 0.331 e. The van der Waals surface area contributed by atoms with Gasteiger partial charge < -0.3 is 10.2 Å². The average Bonchev–Trinajstić information content (AvgIpc) is 2.47. The summed E-state index contributed by atoms with van der Waals surface area (Å²) in [7, 11) is 0. The van der Waals surface area contributed by atoms with Gasteiger partial charge in [0.1, 0.15) is 5.41 Å². The maximum atomic E-state index is 12.0. The van der Waals surface area contributed by atoms with Crippen LogP contribution in [0.1, 0.15) is 12.5 Å². The molecular weight excluding hydrogens is 417 g/mol. The van der Waals surface area contributed by atoms with Crippen molar-refractivity contribution in [3.05, 3.63) is 61.2 Å². The Morgan fingerprint density at radius 3 is 2.52 bits per heavy atom. The van der Waals surface area contributed by atoms with Crippen molar-refractivity contribution < 1.29 is 24.7 Å². The van der Waals surface area contributed by atoms with Crippen molar-refractivity contribution in [1.29, 1.82) is 0 Å². The molecule has 2 rings (SSSR count). The van der Waals surface area contributed by atoms with Gasteiger partial charge in [0, 0.05) is 21.1 Å². The molecule has 2 N–H and O–H groups in total. The maximum Gasteiger partial charge on any atom is 0.331 e. The van der Waals surface area contributed by atoms with Crippen LogP contribution in [0, 0.1) is 19.6 Å². The van der Waals surface area contributed by atoms with Crippen LogP contribution in [0.4, 0.5) is 5.69 Å². The first kappa shape index (κ1) is 17.1. The van der Waals surface area contributed by atoms with Gasteiger partial charge in [-0.15, -0.1) is 0 Å². The Balaban J connectivity index is 2.78. The van der Waals surface area contributed by atoms with E-state index < -0.39 is 28.2 Å². The summed E-state index contributed by atoms with van der Waals surface area (Å²) < 4.78 is 0.583. The molecule has 0 radical (unpaired) electrons. The van der Waals surface area contributed by atoms with Crippen LogP contribution in [-0.4, -0.2) is 27.1 Å². The zero-order chi connectivity index (χ0) is 17.4. The molecule has 2 atom stereocenters. The molecule has 1 aromatic carbocycles. The molecule has 1 unspecified atom stereocenters. The number of carboxylic acids is 2. The van der Waals surface area contributed by atoms with Gasteiger partial charge in [-0.2, -0.15) is 0 Å². The second-order valence-electron chi connectivity index (χ2n) is 5.10. The van der Waals surface area contributed by atoms with Crippen molar-refractivity contribution in [3.8, 4) is 0 Å². The molecule has 0 fully saturated rings. The summed E-state index contributed by atoms with van der Waals surface area (Å²) in [5.74, 6) is -3.56. The van der Waals surface area contributed by atoms with E-state index in [2.05, 4.69) is 0 Å². The van der Waals surface area contributed by atoms with Gasteiger partial charge in [-0.1, -0.05) is 25.2 Å². The first-order chi connectivity index (χ1) is 10.7. The number of nitro groups is 1. The highest BCUT2D eigenvalue weighted by molar-refractivity contribution is 14.1. The number of nitro benzene ring substituents is 1. The lowest BCUT2D eigenvalue weighted by Gasteiger charge is -2.35. The van der Waals surface area contributed by atoms with Crippen molar-refractivity contribution >= 4 is 40.2 Å². The van der Waals surface area contributed by atoms with Crippen LogP contribution in [0.3, 0.4) is 0 Å². The van der Waals surface area contributed by atoms with Gasteiger partial charge in [0.25, 0.3) is 5.69 Å². The van der Waals surface area contributed by atoms with E-state index in [0.717, 1.165) is 0 Å². The molecule has 0 saturated carbocycles. The fraction of sp³-hybridized carbons (Fsp3) is 0.200. The Hall–Kier alpha value is -2.23. The number of aliphatic carboxylic acids is 2. The summed E-state index contributed by atoms with van der Waals surface area (Å²) >= 11 is 1.89. The monoisotopic (exact) mass is 429 g/mol. The zero-order valence-electron chi connectivity index (χ0n) is 11.9. The molecule has 0 heterocycles. The van der Waals surface area contributed by atoms with Crippen LogP contribution in [0.15, 0.2) is 42.0 Å². The van der Waals surface area contributed by atoms with Crippen LogP contribution in [0.2, 0.25) is 0 Å². The second kappa shape index (κ2) is 6.11. The highest BCUT2D eigenvalue weighted by Crippen LogP contribution is 2.44. The Bertz CT molecular complexity index is 769. The Morgan fingerprint density at radius 2 is 2.00 bits per heavy atom. The standard InChI is InChI=1S/C15H12INO6/c1-8-10(13(18)19)3-2-6-15(8,14(20)21)11-5-4-9(16)7-12(11)17(22)23/h2-8H,1H3,(H,18,19)(H,20,21)/t8?,15-/m1/s1. The van der Waals surface area contributed by atoms with Gasteiger partial charge in [-0.25, -0.2) is 4.79 Å². The lowest BCUT2D eigenvalue weighted by Crippen LogP contribution is -2.44. The number of halogens is 1. The third kappa shape index (κ3) is 2.74. The van der Waals surface area contributed by atoms with Crippen LogP contribution < -0.4 is 0 Å². The SMILES string of the molecule is CC1C(C(=O)O)=CC=C[C@]1(C(=O)O)c1ccc(I)cc1[N+](=O)[O-]. The van der Waals surface area contributed by atoms with E-state index in [-0.39, 0.29) is 16.8 Å². The predicted octanol–water partition coefficient (Wildman–Crippen LogP) is 2.74. The first-order valence-corrected chi connectivity index (χ1v) is 7.60. The summed E-state index contributed by atoms with van der Waals surface area (Å²) in [5, 5.41) is 30.4. The number of nitrogens with zero attached hydrogens (tertiary/aromatic N) is 1. The van der Waals surface area contributed by atoms with Crippen molar-refractivity contribution in [3.63, 3.8) is 0 Å². The molecule has 7 nitrogen and oxygen atoms in total. The number of benzene rings is 1. The number of carbonyl (C=O) groups is 2. The van der Waals surface area contributed by atoms with E-state index in [1.165, 1.54) is 37.3 Å². The lowest BCUT2D eigenvalue weighted by molar-refractivity contribution is -0.386. The summed E-state index contributed by atoms with van der Waals surface area (Å²) in [4.78, 5) is 34.1. The Kier molecular flexibility index (Phi) is 4.55. The molecule has 1 aromatic rings. The number of carboxylic acid groups (broad SMARTS) is 2. The summed E-state index contributed by atoms with van der Waals surface area (Å²) in [5.41, 5.74) is -2.30. The number of hydrogen-bond donors (Lipinski definition) is 2. The second-order valence-corrected chi connectivity index (χ2v) is 6.35.